The fourth-order valence-corrected chi connectivity index (χ4v) is 9.39. The molecule has 2 aliphatic heterocycles. The van der Waals surface area contributed by atoms with Crippen molar-refractivity contribution in [2.45, 2.75) is 87.5 Å². The van der Waals surface area contributed by atoms with Crippen molar-refractivity contribution in [1.82, 2.24) is 20.3 Å². The van der Waals surface area contributed by atoms with Crippen molar-refractivity contribution in [3.63, 3.8) is 0 Å². The summed E-state index contributed by atoms with van der Waals surface area (Å²) < 4.78 is 44.7. The largest absolute Gasteiger partial charge is 0.508 e. The number of nitrogens with zero attached hydrogens (tertiary/aromatic N) is 4. The number of pyridine rings is 1. The van der Waals surface area contributed by atoms with Crippen molar-refractivity contribution < 1.29 is 23.4 Å². The van der Waals surface area contributed by atoms with Crippen molar-refractivity contribution in [1.29, 1.82) is 0 Å². The molecule has 2 aromatic carbocycles. The number of methoxy groups -OCH3 is 1. The minimum Gasteiger partial charge on any atom is -0.508 e. The van der Waals surface area contributed by atoms with Gasteiger partial charge in [-0.1, -0.05) is 12.0 Å². The molecule has 10 rings (SSSR count). The van der Waals surface area contributed by atoms with Gasteiger partial charge in [0.25, 0.3) is 0 Å². The van der Waals surface area contributed by atoms with E-state index in [1.54, 1.807) is 6.20 Å². The van der Waals surface area contributed by atoms with Gasteiger partial charge in [0.05, 0.1) is 16.6 Å². The topological polar surface area (TPSA) is 92.6 Å². The van der Waals surface area contributed by atoms with Crippen molar-refractivity contribution in [2.75, 3.05) is 25.1 Å². The first-order chi connectivity index (χ1) is 22.7. The van der Waals surface area contributed by atoms with Gasteiger partial charge in [-0.05, 0) is 87.8 Å². The van der Waals surface area contributed by atoms with Crippen LogP contribution in [0.4, 0.5) is 14.6 Å². The Morgan fingerprint density at radius 3 is 2.38 bits per heavy atom. The maximum Gasteiger partial charge on any atom is 0.319 e. The van der Waals surface area contributed by atoms with Gasteiger partial charge in [-0.3, -0.25) is 4.98 Å². The Morgan fingerprint density at radius 1 is 1.00 bits per heavy atom. The average Bonchev–Trinajstić information content (AvgIpc) is 3.81. The number of aromatic hydroxyl groups is 1. The predicted octanol–water partition coefficient (Wildman–Crippen LogP) is 6.40. The van der Waals surface area contributed by atoms with Crippen LogP contribution in [0.3, 0.4) is 0 Å². The van der Waals surface area contributed by atoms with Crippen LogP contribution in [0.1, 0.15) is 69.8 Å². The lowest BCUT2D eigenvalue weighted by atomic mass is 9.55. The number of hydrogen-bond acceptors (Lipinski definition) is 8. The third kappa shape index (κ3) is 4.35. The second-order valence-electron chi connectivity index (χ2n) is 14.5. The second-order valence-corrected chi connectivity index (χ2v) is 14.5. The standard InChI is InChI=1S/C37H37F2N5O3/c1-3-25-28(38)7-4-21-16-24(45)17-26(29(21)25)31-30(39)32-27(18-40-31)33(44-19-22-5-6-23(20-44)41-22)43-34(42-32)47-37(14-15-37)35-8-11-36(46-2,12-9-35)13-10-35/h1,4,7,16-18,22-23,41,45H,5-6,8-15,19-20H2,2H3/t22-,23+,35?,36?. The van der Waals surface area contributed by atoms with Gasteiger partial charge in [0, 0.05) is 54.8 Å². The smallest absolute Gasteiger partial charge is 0.319 e. The summed E-state index contributed by atoms with van der Waals surface area (Å²) in [6, 6.07) is 6.44. The molecule has 4 bridgehead atoms. The van der Waals surface area contributed by atoms with Crippen LogP contribution >= 0.6 is 0 Å². The van der Waals surface area contributed by atoms with Crippen molar-refractivity contribution >= 4 is 27.5 Å². The number of ether oxygens (including phenoxy) is 2. The molecule has 242 valence electrons. The molecule has 4 heterocycles. The van der Waals surface area contributed by atoms with E-state index < -0.39 is 11.6 Å². The van der Waals surface area contributed by atoms with E-state index in [9.17, 15) is 9.50 Å². The highest BCUT2D eigenvalue weighted by atomic mass is 19.1. The number of anilines is 1. The molecule has 4 aromatic rings. The molecule has 2 saturated heterocycles. The van der Waals surface area contributed by atoms with E-state index in [2.05, 4.69) is 21.1 Å². The summed E-state index contributed by atoms with van der Waals surface area (Å²) in [6.45, 7) is 1.48. The van der Waals surface area contributed by atoms with Crippen LogP contribution in [-0.2, 0) is 4.74 Å². The molecule has 10 heteroatoms. The first kappa shape index (κ1) is 29.1. The summed E-state index contributed by atoms with van der Waals surface area (Å²) in [6.07, 6.45) is 17.5. The van der Waals surface area contributed by atoms with Gasteiger partial charge in [-0.15, -0.1) is 6.42 Å². The van der Waals surface area contributed by atoms with E-state index in [1.165, 1.54) is 24.3 Å². The zero-order valence-corrected chi connectivity index (χ0v) is 26.4. The van der Waals surface area contributed by atoms with Crippen LogP contribution < -0.4 is 15.0 Å². The summed E-state index contributed by atoms with van der Waals surface area (Å²) in [4.78, 5) is 16.6. The van der Waals surface area contributed by atoms with Crippen molar-refractivity contribution in [3.05, 3.63) is 47.7 Å². The maximum atomic E-state index is 17.0. The van der Waals surface area contributed by atoms with E-state index in [0.29, 0.717) is 34.1 Å². The van der Waals surface area contributed by atoms with Crippen LogP contribution in [0.2, 0.25) is 0 Å². The number of benzene rings is 2. The van der Waals surface area contributed by atoms with Crippen LogP contribution in [0.5, 0.6) is 11.8 Å². The molecule has 2 N–H and O–H groups in total. The molecule has 2 aromatic heterocycles. The quantitative estimate of drug-likeness (QED) is 0.235. The van der Waals surface area contributed by atoms with Crippen LogP contribution in [0.25, 0.3) is 32.9 Å². The average molecular weight is 638 g/mol. The number of phenolic OH excluding ortho intramolecular Hbond substituents is 1. The normalized spacial score (nSPS) is 28.9. The fraction of sp³-hybridized carbons (Fsp3) is 0.486. The van der Waals surface area contributed by atoms with Gasteiger partial charge in [-0.25, -0.2) is 8.78 Å². The third-order valence-corrected chi connectivity index (χ3v) is 12.2. The number of piperazine rings is 1. The zero-order valence-electron chi connectivity index (χ0n) is 26.4. The number of rotatable bonds is 6. The molecule has 0 unspecified atom stereocenters. The maximum absolute atomic E-state index is 17.0. The first-order valence-electron chi connectivity index (χ1n) is 16.8. The molecule has 0 radical (unpaired) electrons. The molecule has 47 heavy (non-hydrogen) atoms. The first-order valence-corrected chi connectivity index (χ1v) is 16.8. The Labute approximate surface area is 271 Å². The molecule has 6 fully saturated rings. The zero-order chi connectivity index (χ0) is 32.1. The van der Waals surface area contributed by atoms with Gasteiger partial charge >= 0.3 is 6.01 Å². The van der Waals surface area contributed by atoms with Crippen LogP contribution in [0.15, 0.2) is 30.5 Å². The van der Waals surface area contributed by atoms with E-state index >= 15 is 4.39 Å². The van der Waals surface area contributed by atoms with Crippen molar-refractivity contribution in [2.24, 2.45) is 5.41 Å². The molecule has 0 spiro atoms. The number of fused-ring (bicyclic) bond motifs is 7. The Morgan fingerprint density at radius 2 is 1.72 bits per heavy atom. The molecule has 4 aliphatic carbocycles. The Bertz CT molecular complexity index is 1970. The number of hydrogen-bond donors (Lipinski definition) is 2. The highest BCUT2D eigenvalue weighted by molar-refractivity contribution is 6.03. The molecule has 6 aliphatic rings. The summed E-state index contributed by atoms with van der Waals surface area (Å²) in [5.41, 5.74) is -0.197. The van der Waals surface area contributed by atoms with Gasteiger partial charge in [-0.2, -0.15) is 9.97 Å². The lowest BCUT2D eigenvalue weighted by molar-refractivity contribution is -0.152. The molecular formula is C37H37F2N5O3. The summed E-state index contributed by atoms with van der Waals surface area (Å²) in [5, 5.41) is 15.5. The summed E-state index contributed by atoms with van der Waals surface area (Å²) >= 11 is 0. The fourth-order valence-electron chi connectivity index (χ4n) is 9.39. The number of phenols is 1. The van der Waals surface area contributed by atoms with Gasteiger partial charge < -0.3 is 24.8 Å². The highest BCUT2D eigenvalue weighted by Crippen LogP contribution is 2.66. The molecule has 8 nitrogen and oxygen atoms in total. The number of halogens is 2. The Hall–Kier alpha value is -4.07. The number of terminal acetylenes is 1. The van der Waals surface area contributed by atoms with Gasteiger partial charge in [0.1, 0.15) is 34.2 Å². The monoisotopic (exact) mass is 637 g/mol. The Balaban J connectivity index is 1.19. The molecule has 4 saturated carbocycles. The van der Waals surface area contributed by atoms with Gasteiger partial charge in [0.2, 0.25) is 0 Å². The lowest BCUT2D eigenvalue weighted by Crippen LogP contribution is -2.54. The highest BCUT2D eigenvalue weighted by Gasteiger charge is 2.66. The van der Waals surface area contributed by atoms with Crippen molar-refractivity contribution in [3.8, 4) is 35.4 Å². The minimum atomic E-state index is -0.698. The van der Waals surface area contributed by atoms with E-state index in [4.69, 9.17) is 25.9 Å². The van der Waals surface area contributed by atoms with E-state index in [-0.39, 0.29) is 50.7 Å². The predicted molar refractivity (Wildman–Crippen MR) is 174 cm³/mol. The third-order valence-electron chi connectivity index (χ3n) is 12.2. The van der Waals surface area contributed by atoms with Gasteiger partial charge in [0.15, 0.2) is 5.82 Å². The second kappa shape index (κ2) is 10.2. The number of aromatic nitrogens is 3. The Kier molecular flexibility index (Phi) is 6.32. The molecule has 0 amide bonds. The van der Waals surface area contributed by atoms with Crippen LogP contribution in [0, 0.1) is 29.4 Å². The molecular weight excluding hydrogens is 600 g/mol. The minimum absolute atomic E-state index is 0.0170. The van der Waals surface area contributed by atoms with E-state index in [0.717, 1.165) is 77.3 Å². The summed E-state index contributed by atoms with van der Waals surface area (Å²) in [7, 11) is 1.83. The lowest BCUT2D eigenvalue weighted by Gasteiger charge is -2.55. The van der Waals surface area contributed by atoms with Crippen LogP contribution in [-0.4, -0.2) is 63.5 Å². The SMILES string of the molecule is C#Cc1c(F)ccc2cc(O)cc(-c3ncc4c(N5C[C@H]6CC[C@@H](C5)N6)nc(OC5(C67CCC(OC)(CC6)CC7)CC5)nc4c3F)c12. The molecule has 2 atom stereocenters. The van der Waals surface area contributed by atoms with E-state index in [1.807, 2.05) is 7.11 Å². The summed E-state index contributed by atoms with van der Waals surface area (Å²) in [5.74, 6) is 1.60. The number of nitrogens with one attached hydrogen (secondary N) is 1.